The van der Waals surface area contributed by atoms with E-state index < -0.39 is 0 Å². The van der Waals surface area contributed by atoms with Gasteiger partial charge in [-0.25, -0.2) is 4.98 Å². The number of likely N-dealkylation sites (N-methyl/N-ethyl adjacent to an activating group) is 1. The largest absolute Gasteiger partial charge is 0.369 e. The van der Waals surface area contributed by atoms with Crippen molar-refractivity contribution < 1.29 is 0 Å². The Morgan fingerprint density at radius 2 is 1.64 bits per heavy atom. The molecular weight excluding hydrogens is 370 g/mol. The van der Waals surface area contributed by atoms with Gasteiger partial charge in [-0.3, -0.25) is 0 Å². The summed E-state index contributed by atoms with van der Waals surface area (Å²) in [6.07, 6.45) is 0.874. The normalized spacial score (nSPS) is 10.9. The highest BCUT2D eigenvalue weighted by atomic mass is 35.5. The highest BCUT2D eigenvalue weighted by Crippen LogP contribution is 2.21. The molecule has 0 bridgehead atoms. The lowest BCUT2D eigenvalue weighted by atomic mass is 10.1. The van der Waals surface area contributed by atoms with Gasteiger partial charge in [0.15, 0.2) is 0 Å². The molecule has 6 heteroatoms. The van der Waals surface area contributed by atoms with Gasteiger partial charge in [0.05, 0.1) is 5.69 Å². The van der Waals surface area contributed by atoms with Crippen molar-refractivity contribution in [1.82, 2.24) is 14.9 Å². The highest BCUT2D eigenvalue weighted by molar-refractivity contribution is 6.30. The Hall–Kier alpha value is -2.63. The number of hydrogen-bond donors (Lipinski definition) is 2. The van der Waals surface area contributed by atoms with E-state index in [4.69, 9.17) is 16.6 Å². The number of halogens is 1. The number of benzene rings is 2. The Kier molecular flexibility index (Phi) is 7.23. The van der Waals surface area contributed by atoms with Crippen molar-refractivity contribution in [3.63, 3.8) is 0 Å². The van der Waals surface area contributed by atoms with E-state index in [9.17, 15) is 0 Å². The Morgan fingerprint density at radius 3 is 2.36 bits per heavy atom. The van der Waals surface area contributed by atoms with Gasteiger partial charge in [0.25, 0.3) is 0 Å². The fraction of sp³-hybridized carbons (Fsp3) is 0.273. The van der Waals surface area contributed by atoms with Crippen LogP contribution in [0.25, 0.3) is 11.3 Å². The number of hydrogen-bond acceptors (Lipinski definition) is 5. The van der Waals surface area contributed by atoms with E-state index in [0.717, 1.165) is 48.2 Å². The first-order chi connectivity index (χ1) is 13.6. The maximum Gasteiger partial charge on any atom is 0.225 e. The van der Waals surface area contributed by atoms with Gasteiger partial charge >= 0.3 is 0 Å². The molecule has 0 atom stereocenters. The Morgan fingerprint density at radius 1 is 0.893 bits per heavy atom. The van der Waals surface area contributed by atoms with Gasteiger partial charge in [-0.15, -0.1) is 0 Å². The molecule has 0 saturated carbocycles. The Labute approximate surface area is 171 Å². The van der Waals surface area contributed by atoms with Crippen molar-refractivity contribution in [3.05, 3.63) is 71.2 Å². The number of aromatic nitrogens is 2. The average Bonchev–Trinajstić information content (AvgIpc) is 2.70. The minimum atomic E-state index is 0.627. The molecule has 146 valence electrons. The second kappa shape index (κ2) is 10.1. The van der Waals surface area contributed by atoms with Crippen LogP contribution in [0.5, 0.6) is 0 Å². The number of rotatable bonds is 9. The molecule has 0 fully saturated rings. The van der Waals surface area contributed by atoms with Crippen molar-refractivity contribution in [1.29, 1.82) is 0 Å². The Balaban J connectivity index is 1.71. The maximum atomic E-state index is 5.95. The summed E-state index contributed by atoms with van der Waals surface area (Å²) in [5.41, 5.74) is 3.19. The van der Waals surface area contributed by atoms with Crippen LogP contribution in [-0.4, -0.2) is 48.6 Å². The molecule has 1 heterocycles. The van der Waals surface area contributed by atoms with E-state index in [1.807, 2.05) is 48.5 Å². The molecule has 2 aromatic carbocycles. The lowest BCUT2D eigenvalue weighted by Gasteiger charge is -2.13. The van der Waals surface area contributed by atoms with Crippen LogP contribution >= 0.6 is 11.6 Å². The van der Waals surface area contributed by atoms with Gasteiger partial charge in [-0.2, -0.15) is 4.98 Å². The monoisotopic (exact) mass is 395 g/mol. The summed E-state index contributed by atoms with van der Waals surface area (Å²) in [7, 11) is 4.11. The lowest BCUT2D eigenvalue weighted by Crippen LogP contribution is -2.21. The van der Waals surface area contributed by atoms with Crippen LogP contribution in [0.1, 0.15) is 5.56 Å². The number of nitrogens with zero attached hydrogens (tertiary/aromatic N) is 3. The molecule has 0 unspecified atom stereocenters. The summed E-state index contributed by atoms with van der Waals surface area (Å²) in [5, 5.41) is 7.50. The third-order valence-corrected chi connectivity index (χ3v) is 4.52. The van der Waals surface area contributed by atoms with Gasteiger partial charge in [-0.1, -0.05) is 54.1 Å². The highest BCUT2D eigenvalue weighted by Gasteiger charge is 2.07. The van der Waals surface area contributed by atoms with E-state index >= 15 is 0 Å². The van der Waals surface area contributed by atoms with E-state index in [0.29, 0.717) is 5.95 Å². The first-order valence-electron chi connectivity index (χ1n) is 9.41. The van der Waals surface area contributed by atoms with Gasteiger partial charge in [0.2, 0.25) is 5.95 Å². The molecule has 0 aliphatic heterocycles. The van der Waals surface area contributed by atoms with Crippen LogP contribution in [0.4, 0.5) is 11.8 Å². The zero-order chi connectivity index (χ0) is 19.8. The summed E-state index contributed by atoms with van der Waals surface area (Å²) in [5.74, 6) is 1.45. The van der Waals surface area contributed by atoms with Crippen LogP contribution in [0, 0.1) is 0 Å². The van der Waals surface area contributed by atoms with Crippen molar-refractivity contribution in [2.75, 3.05) is 44.4 Å². The predicted octanol–water partition coefficient (Wildman–Crippen LogP) is 4.43. The van der Waals surface area contributed by atoms with Gasteiger partial charge in [0, 0.05) is 36.3 Å². The van der Waals surface area contributed by atoms with Crippen LogP contribution in [0.2, 0.25) is 5.02 Å². The minimum absolute atomic E-state index is 0.627. The molecular formula is C22H26ClN5. The van der Waals surface area contributed by atoms with Crippen molar-refractivity contribution in [3.8, 4) is 11.3 Å². The van der Waals surface area contributed by atoms with E-state index in [1.165, 1.54) is 5.56 Å². The third kappa shape index (κ3) is 6.22. The first-order valence-corrected chi connectivity index (χ1v) is 9.79. The van der Waals surface area contributed by atoms with E-state index in [1.54, 1.807) is 0 Å². The van der Waals surface area contributed by atoms with E-state index in [-0.39, 0.29) is 0 Å². The second-order valence-electron chi connectivity index (χ2n) is 6.86. The summed E-state index contributed by atoms with van der Waals surface area (Å²) in [6, 6.07) is 20.1. The quantitative estimate of drug-likeness (QED) is 0.561. The zero-order valence-electron chi connectivity index (χ0n) is 16.3. The van der Waals surface area contributed by atoms with Gasteiger partial charge < -0.3 is 15.5 Å². The molecule has 0 saturated heterocycles. The molecule has 28 heavy (non-hydrogen) atoms. The summed E-state index contributed by atoms with van der Waals surface area (Å²) >= 11 is 5.95. The van der Waals surface area contributed by atoms with Crippen LogP contribution in [0.15, 0.2) is 60.7 Å². The fourth-order valence-electron chi connectivity index (χ4n) is 2.75. The predicted molar refractivity (Wildman–Crippen MR) is 118 cm³/mol. The molecule has 0 aliphatic rings. The zero-order valence-corrected chi connectivity index (χ0v) is 17.1. The lowest BCUT2D eigenvalue weighted by molar-refractivity contribution is 0.425. The van der Waals surface area contributed by atoms with Crippen LogP contribution < -0.4 is 10.6 Å². The van der Waals surface area contributed by atoms with Crippen molar-refractivity contribution >= 4 is 23.4 Å². The molecule has 0 spiro atoms. The molecule has 1 aromatic heterocycles. The van der Waals surface area contributed by atoms with E-state index in [2.05, 4.69) is 46.7 Å². The Bertz CT molecular complexity index is 866. The molecule has 5 nitrogen and oxygen atoms in total. The van der Waals surface area contributed by atoms with Crippen LogP contribution in [0.3, 0.4) is 0 Å². The van der Waals surface area contributed by atoms with Gasteiger partial charge in [-0.05, 0) is 38.2 Å². The fourth-order valence-corrected chi connectivity index (χ4v) is 2.88. The standard InChI is InChI=1S/C22H26ClN5/c1-28(2)15-14-24-21-16-20(18-6-4-3-5-7-18)26-22(27-21)25-13-12-17-8-10-19(23)11-9-17/h3-11,16H,12-15H2,1-2H3,(H2,24,25,26,27). The molecule has 0 aliphatic carbocycles. The van der Waals surface area contributed by atoms with Crippen molar-refractivity contribution in [2.45, 2.75) is 6.42 Å². The summed E-state index contributed by atoms with van der Waals surface area (Å²) < 4.78 is 0. The molecule has 0 radical (unpaired) electrons. The summed E-state index contributed by atoms with van der Waals surface area (Å²) in [6.45, 7) is 2.50. The second-order valence-corrected chi connectivity index (χ2v) is 7.30. The van der Waals surface area contributed by atoms with Gasteiger partial charge in [0.1, 0.15) is 5.82 Å². The number of nitrogens with one attached hydrogen (secondary N) is 2. The smallest absolute Gasteiger partial charge is 0.225 e. The molecule has 3 rings (SSSR count). The van der Waals surface area contributed by atoms with Crippen LogP contribution in [-0.2, 0) is 6.42 Å². The maximum absolute atomic E-state index is 5.95. The molecule has 2 N–H and O–H groups in total. The molecule has 3 aromatic rings. The summed E-state index contributed by atoms with van der Waals surface area (Å²) in [4.78, 5) is 11.5. The minimum Gasteiger partial charge on any atom is -0.369 e. The van der Waals surface area contributed by atoms with Crippen molar-refractivity contribution in [2.24, 2.45) is 0 Å². The average molecular weight is 396 g/mol. The third-order valence-electron chi connectivity index (χ3n) is 4.27. The SMILES string of the molecule is CN(C)CCNc1cc(-c2ccccc2)nc(NCCc2ccc(Cl)cc2)n1. The topological polar surface area (TPSA) is 53.1 Å². The molecule has 0 amide bonds. The number of anilines is 2. The first kappa shape index (κ1) is 20.1.